The molecule has 11 heteroatoms. The molecular weight excluding hydrogens is 428 g/mol. The van der Waals surface area contributed by atoms with Crippen LogP contribution in [-0.2, 0) is 0 Å². The molecule has 0 fully saturated rings. The minimum Gasteiger partial charge on any atom is -0.454 e. The molecule has 0 saturated heterocycles. The van der Waals surface area contributed by atoms with Gasteiger partial charge in [-0.05, 0) is 19.1 Å². The number of benzene rings is 2. The molecule has 1 amide bonds. The molecular formula is C22H16N6O5. The number of aromatic nitrogens is 3. The Kier molecular flexibility index (Phi) is 4.90. The highest BCUT2D eigenvalue weighted by Gasteiger charge is 2.23. The summed E-state index contributed by atoms with van der Waals surface area (Å²) in [6, 6.07) is 14.2. The lowest BCUT2D eigenvalue weighted by Crippen LogP contribution is -2.18. The van der Waals surface area contributed by atoms with Crippen molar-refractivity contribution in [2.24, 2.45) is 5.10 Å². The van der Waals surface area contributed by atoms with Crippen molar-refractivity contribution in [2.45, 2.75) is 6.92 Å². The number of aryl methyl sites for hydroxylation is 1. The van der Waals surface area contributed by atoms with Gasteiger partial charge in [0, 0.05) is 11.3 Å². The molecule has 0 spiro atoms. The third-order valence-corrected chi connectivity index (χ3v) is 5.05. The lowest BCUT2D eigenvalue weighted by molar-refractivity contribution is -0.385. The molecule has 0 bridgehead atoms. The molecule has 0 unspecified atom stereocenters. The predicted molar refractivity (Wildman–Crippen MR) is 117 cm³/mol. The third kappa shape index (κ3) is 3.71. The van der Waals surface area contributed by atoms with E-state index in [2.05, 4.69) is 20.6 Å². The van der Waals surface area contributed by atoms with Gasteiger partial charge in [-0.2, -0.15) is 10.2 Å². The van der Waals surface area contributed by atoms with Crippen LogP contribution in [0.15, 0.2) is 59.8 Å². The van der Waals surface area contributed by atoms with Crippen molar-refractivity contribution in [1.29, 1.82) is 0 Å². The number of nitro groups is 1. The average molecular weight is 444 g/mol. The number of carbonyl (C=O) groups is 1. The largest absolute Gasteiger partial charge is 0.454 e. The van der Waals surface area contributed by atoms with Gasteiger partial charge in [-0.3, -0.25) is 14.9 Å². The SMILES string of the molecule is Cc1cc(-c2ccccc2)nc2c(C(=O)N/N=C\c3cc4c(cc3[N+](=O)[O-])OCO4)cnn12. The van der Waals surface area contributed by atoms with Gasteiger partial charge in [-0.1, -0.05) is 30.3 Å². The molecule has 2 aromatic heterocycles. The lowest BCUT2D eigenvalue weighted by atomic mass is 10.1. The van der Waals surface area contributed by atoms with Gasteiger partial charge in [0.05, 0.1) is 34.7 Å². The quantitative estimate of drug-likeness (QED) is 0.284. The summed E-state index contributed by atoms with van der Waals surface area (Å²) in [6.45, 7) is 1.85. The van der Waals surface area contributed by atoms with Gasteiger partial charge >= 0.3 is 0 Å². The molecule has 11 nitrogen and oxygen atoms in total. The van der Waals surface area contributed by atoms with Gasteiger partial charge in [-0.15, -0.1) is 0 Å². The van der Waals surface area contributed by atoms with Gasteiger partial charge in [0.15, 0.2) is 17.1 Å². The van der Waals surface area contributed by atoms with E-state index in [0.717, 1.165) is 11.3 Å². The number of nitrogens with one attached hydrogen (secondary N) is 1. The second kappa shape index (κ2) is 8.04. The van der Waals surface area contributed by atoms with Gasteiger partial charge in [-0.25, -0.2) is 14.9 Å². The molecule has 3 heterocycles. The Balaban J connectivity index is 1.43. The van der Waals surface area contributed by atoms with Crippen LogP contribution in [0.1, 0.15) is 21.6 Å². The fraction of sp³-hybridized carbons (Fsp3) is 0.0909. The number of carbonyl (C=O) groups excluding carboxylic acids is 1. The Morgan fingerprint density at radius 2 is 1.97 bits per heavy atom. The first kappa shape index (κ1) is 20.1. The van der Waals surface area contributed by atoms with Crippen molar-refractivity contribution in [1.82, 2.24) is 20.0 Å². The molecule has 1 aliphatic rings. The second-order valence-corrected chi connectivity index (χ2v) is 7.16. The number of hydrazone groups is 1. The van der Waals surface area contributed by atoms with E-state index < -0.39 is 10.8 Å². The summed E-state index contributed by atoms with van der Waals surface area (Å²) in [4.78, 5) is 28.2. The van der Waals surface area contributed by atoms with E-state index in [0.29, 0.717) is 17.1 Å². The standard InChI is InChI=1S/C22H16N6O5/c1-13-7-17(14-5-3-2-4-6-14)25-21-16(11-24-27(13)21)22(29)26-23-10-15-8-19-20(33-12-32-19)9-18(15)28(30)31/h2-11H,12H2,1H3,(H,26,29)/b23-10-. The third-order valence-electron chi connectivity index (χ3n) is 5.05. The molecule has 4 aromatic rings. The molecule has 2 aromatic carbocycles. The van der Waals surface area contributed by atoms with Crippen molar-refractivity contribution in [3.63, 3.8) is 0 Å². The van der Waals surface area contributed by atoms with Crippen LogP contribution in [-0.4, -0.2) is 38.4 Å². The van der Waals surface area contributed by atoms with Gasteiger partial charge in [0.1, 0.15) is 5.56 Å². The Bertz CT molecular complexity index is 1430. The Morgan fingerprint density at radius 1 is 1.21 bits per heavy atom. The van der Waals surface area contributed by atoms with E-state index in [9.17, 15) is 14.9 Å². The number of ether oxygens (including phenoxy) is 2. The maximum atomic E-state index is 12.8. The summed E-state index contributed by atoms with van der Waals surface area (Å²) in [5, 5.41) is 19.5. The minimum atomic E-state index is -0.561. The molecule has 0 aliphatic carbocycles. The smallest absolute Gasteiger partial charge is 0.282 e. The minimum absolute atomic E-state index is 0.0179. The van der Waals surface area contributed by atoms with E-state index in [1.807, 2.05) is 43.3 Å². The van der Waals surface area contributed by atoms with Crippen molar-refractivity contribution in [3.05, 3.63) is 81.7 Å². The lowest BCUT2D eigenvalue weighted by Gasteiger charge is -2.06. The number of nitro benzene ring substituents is 1. The van der Waals surface area contributed by atoms with E-state index in [-0.39, 0.29) is 29.4 Å². The number of fused-ring (bicyclic) bond motifs is 2. The van der Waals surface area contributed by atoms with Crippen LogP contribution in [0, 0.1) is 17.0 Å². The first-order valence-electron chi connectivity index (χ1n) is 9.83. The summed E-state index contributed by atoms with van der Waals surface area (Å²) in [7, 11) is 0. The first-order chi connectivity index (χ1) is 16.0. The summed E-state index contributed by atoms with van der Waals surface area (Å²) < 4.78 is 12.0. The maximum absolute atomic E-state index is 12.8. The van der Waals surface area contributed by atoms with E-state index >= 15 is 0 Å². The molecule has 1 N–H and O–H groups in total. The topological polar surface area (TPSA) is 133 Å². The highest BCUT2D eigenvalue weighted by atomic mass is 16.7. The molecule has 5 rings (SSSR count). The Morgan fingerprint density at radius 3 is 2.73 bits per heavy atom. The van der Waals surface area contributed by atoms with Crippen LogP contribution in [0.5, 0.6) is 11.5 Å². The van der Waals surface area contributed by atoms with E-state index in [1.54, 1.807) is 4.52 Å². The molecule has 33 heavy (non-hydrogen) atoms. The fourth-order valence-corrected chi connectivity index (χ4v) is 3.46. The van der Waals surface area contributed by atoms with Crippen molar-refractivity contribution < 1.29 is 19.2 Å². The average Bonchev–Trinajstić information content (AvgIpc) is 3.45. The van der Waals surface area contributed by atoms with Gasteiger partial charge in [0.2, 0.25) is 6.79 Å². The molecule has 1 aliphatic heterocycles. The summed E-state index contributed by atoms with van der Waals surface area (Å²) >= 11 is 0. The normalized spacial score (nSPS) is 12.4. The summed E-state index contributed by atoms with van der Waals surface area (Å²) in [5.41, 5.74) is 5.31. The molecule has 0 radical (unpaired) electrons. The van der Waals surface area contributed by atoms with Crippen molar-refractivity contribution >= 4 is 23.5 Å². The predicted octanol–water partition coefficient (Wildman–Crippen LogP) is 3.11. The Hall–Kier alpha value is -4.80. The summed E-state index contributed by atoms with van der Waals surface area (Å²) in [6.07, 6.45) is 2.58. The zero-order chi connectivity index (χ0) is 22.9. The fourth-order valence-electron chi connectivity index (χ4n) is 3.46. The van der Waals surface area contributed by atoms with Crippen molar-refractivity contribution in [2.75, 3.05) is 6.79 Å². The van der Waals surface area contributed by atoms with E-state index in [1.165, 1.54) is 24.5 Å². The number of amides is 1. The highest BCUT2D eigenvalue weighted by Crippen LogP contribution is 2.37. The van der Waals surface area contributed by atoms with Crippen LogP contribution in [0.3, 0.4) is 0 Å². The number of rotatable bonds is 5. The van der Waals surface area contributed by atoms with Crippen LogP contribution < -0.4 is 14.9 Å². The Labute approximate surface area is 186 Å². The number of nitrogens with zero attached hydrogens (tertiary/aromatic N) is 5. The number of hydrogen-bond donors (Lipinski definition) is 1. The monoisotopic (exact) mass is 444 g/mol. The van der Waals surface area contributed by atoms with Gasteiger partial charge in [0.25, 0.3) is 11.6 Å². The van der Waals surface area contributed by atoms with Crippen molar-refractivity contribution in [3.8, 4) is 22.8 Å². The molecule has 164 valence electrons. The molecule has 0 saturated carbocycles. The summed E-state index contributed by atoms with van der Waals surface area (Å²) in [5.74, 6) is 0.0933. The highest BCUT2D eigenvalue weighted by molar-refractivity contribution is 6.00. The van der Waals surface area contributed by atoms with Crippen LogP contribution >= 0.6 is 0 Å². The number of hydrogen-bond acceptors (Lipinski definition) is 8. The van der Waals surface area contributed by atoms with Gasteiger partial charge < -0.3 is 9.47 Å². The van der Waals surface area contributed by atoms with Crippen LogP contribution in [0.2, 0.25) is 0 Å². The van der Waals surface area contributed by atoms with Crippen LogP contribution in [0.25, 0.3) is 16.9 Å². The molecule has 0 atom stereocenters. The van der Waals surface area contributed by atoms with E-state index in [4.69, 9.17) is 9.47 Å². The van der Waals surface area contributed by atoms with Crippen LogP contribution in [0.4, 0.5) is 5.69 Å². The maximum Gasteiger partial charge on any atom is 0.282 e. The zero-order valence-electron chi connectivity index (χ0n) is 17.3. The second-order valence-electron chi connectivity index (χ2n) is 7.16. The zero-order valence-corrected chi connectivity index (χ0v) is 17.3. The first-order valence-corrected chi connectivity index (χ1v) is 9.83.